The summed E-state index contributed by atoms with van der Waals surface area (Å²) in [6.07, 6.45) is 5.03. The van der Waals surface area contributed by atoms with Gasteiger partial charge in [0.2, 0.25) is 5.91 Å². The molecule has 1 aliphatic heterocycles. The van der Waals surface area contributed by atoms with Crippen LogP contribution in [-0.4, -0.2) is 50.8 Å². The highest BCUT2D eigenvalue weighted by Gasteiger charge is 2.28. The van der Waals surface area contributed by atoms with E-state index in [1.807, 2.05) is 13.8 Å². The van der Waals surface area contributed by atoms with E-state index in [2.05, 4.69) is 30.3 Å². The zero-order valence-electron chi connectivity index (χ0n) is 18.3. The van der Waals surface area contributed by atoms with Gasteiger partial charge in [0.05, 0.1) is 6.26 Å². The molecule has 2 N–H and O–H groups in total. The monoisotopic (exact) mass is 440 g/mol. The van der Waals surface area contributed by atoms with E-state index in [1.54, 1.807) is 18.3 Å². The molecule has 1 aliphatic rings. The van der Waals surface area contributed by atoms with Crippen molar-refractivity contribution in [1.29, 1.82) is 0 Å². The van der Waals surface area contributed by atoms with Crippen molar-refractivity contribution in [3.8, 4) is 11.5 Å². The molecular weight excluding hydrogens is 412 g/mol. The van der Waals surface area contributed by atoms with Crippen LogP contribution >= 0.6 is 0 Å². The van der Waals surface area contributed by atoms with Gasteiger partial charge in [-0.3, -0.25) is 4.79 Å². The van der Waals surface area contributed by atoms with E-state index in [9.17, 15) is 9.90 Å². The van der Waals surface area contributed by atoms with E-state index < -0.39 is 6.10 Å². The van der Waals surface area contributed by atoms with Crippen molar-refractivity contribution >= 4 is 11.7 Å². The Morgan fingerprint density at radius 1 is 1.34 bits per heavy atom. The number of hydrogen-bond donors (Lipinski definition) is 2. The normalized spacial score (nSPS) is 15.7. The summed E-state index contributed by atoms with van der Waals surface area (Å²) in [5, 5.41) is 17.0. The number of rotatable bonds is 8. The van der Waals surface area contributed by atoms with E-state index >= 15 is 0 Å². The minimum atomic E-state index is -0.718. The fourth-order valence-corrected chi connectivity index (χ4v) is 3.81. The topological polar surface area (TPSA) is 130 Å². The molecule has 3 aromatic rings. The molecular formula is C22H28N6O4. The Labute approximate surface area is 186 Å². The largest absolute Gasteiger partial charge is 0.467 e. The molecule has 10 nitrogen and oxygen atoms in total. The zero-order chi connectivity index (χ0) is 22.5. The van der Waals surface area contributed by atoms with Crippen LogP contribution in [0, 0.1) is 12.8 Å². The van der Waals surface area contributed by atoms with E-state index in [4.69, 9.17) is 8.94 Å². The van der Waals surface area contributed by atoms with Gasteiger partial charge in [-0.05, 0) is 38.3 Å². The first-order valence-corrected chi connectivity index (χ1v) is 11.0. The Hall–Kier alpha value is -3.27. The standard InChI is InChI=1S/C22H28N6O4/c1-3-19-26-22(32-27-19)16-13-24-14(2)25-20(16)28-10-7-15(8-11-28)21(30)23-9-6-17(29)18-5-4-12-31-18/h4-5,12-13,15,17,29H,3,6-11H2,1-2H3,(H,23,30). The number of nitrogens with one attached hydrogen (secondary N) is 1. The van der Waals surface area contributed by atoms with Crippen LogP contribution in [0.25, 0.3) is 11.5 Å². The second-order valence-corrected chi connectivity index (χ2v) is 7.90. The van der Waals surface area contributed by atoms with Crippen molar-refractivity contribution in [2.24, 2.45) is 5.92 Å². The number of piperidine rings is 1. The van der Waals surface area contributed by atoms with Gasteiger partial charge in [-0.15, -0.1) is 0 Å². The molecule has 4 heterocycles. The summed E-state index contributed by atoms with van der Waals surface area (Å²) < 4.78 is 10.6. The highest BCUT2D eigenvalue weighted by molar-refractivity contribution is 5.79. The number of aryl methyl sites for hydroxylation is 2. The van der Waals surface area contributed by atoms with Crippen LogP contribution in [0.5, 0.6) is 0 Å². The molecule has 0 saturated carbocycles. The summed E-state index contributed by atoms with van der Waals surface area (Å²) in [7, 11) is 0. The van der Waals surface area contributed by atoms with Gasteiger partial charge in [-0.25, -0.2) is 9.97 Å². The molecule has 0 bridgehead atoms. The SMILES string of the molecule is CCc1noc(-c2cnc(C)nc2N2CCC(C(=O)NCCC(O)c3ccco3)CC2)n1. The van der Waals surface area contributed by atoms with Gasteiger partial charge in [-0.2, -0.15) is 4.98 Å². The molecule has 3 aromatic heterocycles. The first kappa shape index (κ1) is 21.9. The zero-order valence-corrected chi connectivity index (χ0v) is 18.3. The average Bonchev–Trinajstić information content (AvgIpc) is 3.51. The molecule has 170 valence electrons. The molecule has 1 fully saturated rings. The number of anilines is 1. The molecule has 1 saturated heterocycles. The molecule has 1 amide bonds. The van der Waals surface area contributed by atoms with Crippen molar-refractivity contribution in [2.45, 2.75) is 45.6 Å². The van der Waals surface area contributed by atoms with Crippen LogP contribution in [0.1, 0.15) is 49.7 Å². The van der Waals surface area contributed by atoms with Gasteiger partial charge in [0.15, 0.2) is 5.82 Å². The van der Waals surface area contributed by atoms with Crippen molar-refractivity contribution in [3.05, 3.63) is 42.0 Å². The lowest BCUT2D eigenvalue weighted by molar-refractivity contribution is -0.125. The van der Waals surface area contributed by atoms with E-state index in [0.717, 1.165) is 5.82 Å². The summed E-state index contributed by atoms with van der Waals surface area (Å²) in [5.41, 5.74) is 0.706. The fraction of sp³-hybridized carbons (Fsp3) is 0.500. The van der Waals surface area contributed by atoms with Crippen LogP contribution < -0.4 is 10.2 Å². The number of furan rings is 1. The molecule has 4 rings (SSSR count). The lowest BCUT2D eigenvalue weighted by Crippen LogP contribution is -2.41. The predicted molar refractivity (Wildman–Crippen MR) is 116 cm³/mol. The molecule has 0 radical (unpaired) electrons. The van der Waals surface area contributed by atoms with Crippen molar-refractivity contribution in [3.63, 3.8) is 0 Å². The number of carbonyl (C=O) groups is 1. The summed E-state index contributed by atoms with van der Waals surface area (Å²) in [4.78, 5) is 28.1. The van der Waals surface area contributed by atoms with Gasteiger partial charge in [0.25, 0.3) is 5.89 Å². The summed E-state index contributed by atoms with van der Waals surface area (Å²) >= 11 is 0. The second kappa shape index (κ2) is 9.90. The van der Waals surface area contributed by atoms with Gasteiger partial charge < -0.3 is 24.3 Å². The van der Waals surface area contributed by atoms with Crippen LogP contribution in [0.4, 0.5) is 5.82 Å². The van der Waals surface area contributed by atoms with Crippen LogP contribution in [0.15, 0.2) is 33.5 Å². The second-order valence-electron chi connectivity index (χ2n) is 7.90. The minimum absolute atomic E-state index is 0.0138. The third kappa shape index (κ3) is 4.96. The van der Waals surface area contributed by atoms with Gasteiger partial charge in [0.1, 0.15) is 29.1 Å². The molecule has 0 spiro atoms. The van der Waals surface area contributed by atoms with Crippen LogP contribution in [0.2, 0.25) is 0 Å². The van der Waals surface area contributed by atoms with E-state index in [1.165, 1.54) is 6.26 Å². The smallest absolute Gasteiger partial charge is 0.263 e. The average molecular weight is 441 g/mol. The molecule has 32 heavy (non-hydrogen) atoms. The number of carbonyl (C=O) groups excluding carboxylic acids is 1. The Bertz CT molecular complexity index is 1030. The highest BCUT2D eigenvalue weighted by atomic mass is 16.5. The Kier molecular flexibility index (Phi) is 6.79. The molecule has 1 unspecified atom stereocenters. The summed E-state index contributed by atoms with van der Waals surface area (Å²) in [6.45, 7) is 5.58. The lowest BCUT2D eigenvalue weighted by Gasteiger charge is -2.33. The number of aliphatic hydroxyl groups excluding tert-OH is 1. The van der Waals surface area contributed by atoms with E-state index in [0.29, 0.717) is 74.2 Å². The first-order valence-electron chi connectivity index (χ1n) is 11.0. The number of amides is 1. The Balaban J connectivity index is 1.33. The van der Waals surface area contributed by atoms with Gasteiger partial charge in [0, 0.05) is 38.2 Å². The van der Waals surface area contributed by atoms with Crippen molar-refractivity contribution in [1.82, 2.24) is 25.4 Å². The first-order chi connectivity index (χ1) is 15.5. The van der Waals surface area contributed by atoms with Gasteiger partial charge in [-0.1, -0.05) is 12.1 Å². The Morgan fingerprint density at radius 3 is 2.84 bits per heavy atom. The van der Waals surface area contributed by atoms with Crippen molar-refractivity contribution in [2.75, 3.05) is 24.5 Å². The number of aliphatic hydroxyl groups is 1. The van der Waals surface area contributed by atoms with Crippen LogP contribution in [0.3, 0.4) is 0 Å². The van der Waals surface area contributed by atoms with E-state index in [-0.39, 0.29) is 11.8 Å². The third-order valence-corrected chi connectivity index (χ3v) is 5.66. The maximum absolute atomic E-state index is 12.6. The molecule has 10 heteroatoms. The minimum Gasteiger partial charge on any atom is -0.467 e. The fourth-order valence-electron chi connectivity index (χ4n) is 3.81. The summed E-state index contributed by atoms with van der Waals surface area (Å²) in [5.74, 6) is 2.91. The number of aromatic nitrogens is 4. The molecule has 0 aliphatic carbocycles. The highest BCUT2D eigenvalue weighted by Crippen LogP contribution is 2.30. The molecule has 0 aromatic carbocycles. The van der Waals surface area contributed by atoms with Crippen molar-refractivity contribution < 1.29 is 18.8 Å². The quantitative estimate of drug-likeness (QED) is 0.542. The maximum atomic E-state index is 12.6. The summed E-state index contributed by atoms with van der Waals surface area (Å²) in [6, 6.07) is 3.46. The predicted octanol–water partition coefficient (Wildman–Crippen LogP) is 2.45. The molecule has 1 atom stereocenters. The Morgan fingerprint density at radius 2 is 2.16 bits per heavy atom. The third-order valence-electron chi connectivity index (χ3n) is 5.66. The van der Waals surface area contributed by atoms with Gasteiger partial charge >= 0.3 is 0 Å². The maximum Gasteiger partial charge on any atom is 0.263 e. The number of nitrogens with zero attached hydrogens (tertiary/aromatic N) is 5. The lowest BCUT2D eigenvalue weighted by atomic mass is 9.95. The number of hydrogen-bond acceptors (Lipinski definition) is 9. The van der Waals surface area contributed by atoms with Crippen LogP contribution in [-0.2, 0) is 11.2 Å².